The topological polar surface area (TPSA) is 111 Å². The molecule has 8 heteroatoms. The van der Waals surface area contributed by atoms with Crippen molar-refractivity contribution in [2.45, 2.75) is 13.5 Å². The average Bonchev–Trinajstić information content (AvgIpc) is 2.98. The number of carboxylic acid groups (broad SMARTS) is 1. The zero-order chi connectivity index (χ0) is 20.1. The van der Waals surface area contributed by atoms with E-state index < -0.39 is 5.97 Å². The number of carboxylic acids is 1. The van der Waals surface area contributed by atoms with Crippen molar-refractivity contribution in [1.29, 1.82) is 0 Å². The van der Waals surface area contributed by atoms with Crippen LogP contribution in [0.2, 0.25) is 0 Å². The van der Waals surface area contributed by atoms with E-state index in [0.29, 0.717) is 23.0 Å². The van der Waals surface area contributed by atoms with Crippen molar-refractivity contribution in [2.24, 2.45) is 10.7 Å². The Labute approximate surface area is 165 Å². The van der Waals surface area contributed by atoms with E-state index in [2.05, 4.69) is 4.99 Å². The Hall–Kier alpha value is -3.26. The van der Waals surface area contributed by atoms with Crippen LogP contribution in [-0.4, -0.2) is 28.8 Å². The fraction of sp³-hybridized carbons (Fsp3) is 0.150. The van der Waals surface area contributed by atoms with Crippen LogP contribution in [0.5, 0.6) is 11.5 Å². The van der Waals surface area contributed by atoms with Gasteiger partial charge >= 0.3 is 5.97 Å². The van der Waals surface area contributed by atoms with E-state index in [1.165, 1.54) is 12.1 Å². The molecule has 3 N–H and O–H groups in total. The first-order chi connectivity index (χ1) is 13.5. The van der Waals surface area contributed by atoms with E-state index in [4.69, 9.17) is 20.3 Å². The largest absolute Gasteiger partial charge is 0.490 e. The second kappa shape index (κ2) is 8.62. The summed E-state index contributed by atoms with van der Waals surface area (Å²) in [6, 6.07) is 11.8. The highest BCUT2D eigenvalue weighted by atomic mass is 32.2. The Bertz CT molecular complexity index is 967. The van der Waals surface area contributed by atoms with E-state index in [1.54, 1.807) is 36.4 Å². The summed E-state index contributed by atoms with van der Waals surface area (Å²) in [4.78, 5) is 26.8. The Morgan fingerprint density at radius 1 is 1.18 bits per heavy atom. The van der Waals surface area contributed by atoms with Gasteiger partial charge < -0.3 is 20.3 Å². The predicted molar refractivity (Wildman–Crippen MR) is 108 cm³/mol. The molecule has 0 unspecified atom stereocenters. The molecule has 0 saturated heterocycles. The third-order valence-electron chi connectivity index (χ3n) is 3.80. The minimum absolute atomic E-state index is 0.222. The number of amides is 1. The summed E-state index contributed by atoms with van der Waals surface area (Å²) in [5, 5.41) is 9.18. The van der Waals surface area contributed by atoms with Gasteiger partial charge in [-0.1, -0.05) is 18.2 Å². The first kappa shape index (κ1) is 19.5. The van der Waals surface area contributed by atoms with Gasteiger partial charge in [0.2, 0.25) is 0 Å². The van der Waals surface area contributed by atoms with Crippen LogP contribution < -0.4 is 15.2 Å². The van der Waals surface area contributed by atoms with Crippen LogP contribution in [0.25, 0.3) is 6.08 Å². The minimum atomic E-state index is -0.970. The van der Waals surface area contributed by atoms with Gasteiger partial charge in [-0.05, 0) is 60.2 Å². The van der Waals surface area contributed by atoms with Gasteiger partial charge in [-0.3, -0.25) is 4.79 Å². The second-order valence-electron chi connectivity index (χ2n) is 5.80. The summed E-state index contributed by atoms with van der Waals surface area (Å²) < 4.78 is 11.5. The number of rotatable bonds is 7. The number of thioether (sulfide) groups is 1. The first-order valence-corrected chi connectivity index (χ1v) is 9.28. The van der Waals surface area contributed by atoms with E-state index in [9.17, 15) is 9.59 Å². The summed E-state index contributed by atoms with van der Waals surface area (Å²) in [7, 11) is 0. The van der Waals surface area contributed by atoms with Crippen molar-refractivity contribution >= 4 is 34.9 Å². The molecular formula is C20H18N2O5S. The molecule has 0 radical (unpaired) electrons. The molecule has 1 aliphatic heterocycles. The summed E-state index contributed by atoms with van der Waals surface area (Å²) in [5.74, 6) is -0.233. The minimum Gasteiger partial charge on any atom is -0.490 e. The van der Waals surface area contributed by atoms with Gasteiger partial charge in [-0.2, -0.15) is 4.99 Å². The summed E-state index contributed by atoms with van der Waals surface area (Å²) in [6.07, 6.45) is 1.70. The highest BCUT2D eigenvalue weighted by Crippen LogP contribution is 2.32. The molecule has 2 aromatic carbocycles. The number of carbonyl (C=O) groups excluding carboxylic acids is 1. The number of amidine groups is 1. The zero-order valence-electron chi connectivity index (χ0n) is 15.0. The normalized spacial score (nSPS) is 14.8. The Kier molecular flexibility index (Phi) is 6.00. The molecule has 7 nitrogen and oxygen atoms in total. The van der Waals surface area contributed by atoms with E-state index in [1.807, 2.05) is 6.92 Å². The van der Waals surface area contributed by atoms with E-state index in [0.717, 1.165) is 22.9 Å². The molecule has 0 bridgehead atoms. The quantitative estimate of drug-likeness (QED) is 0.688. The molecule has 0 fully saturated rings. The number of hydrogen-bond acceptors (Lipinski definition) is 6. The number of benzene rings is 2. The van der Waals surface area contributed by atoms with Crippen LogP contribution in [0.1, 0.15) is 28.4 Å². The fourth-order valence-electron chi connectivity index (χ4n) is 2.48. The second-order valence-corrected chi connectivity index (χ2v) is 6.86. The summed E-state index contributed by atoms with van der Waals surface area (Å²) >= 11 is 1.13. The molecule has 1 amide bonds. The fourth-order valence-corrected chi connectivity index (χ4v) is 3.17. The average molecular weight is 398 g/mol. The lowest BCUT2D eigenvalue weighted by Crippen LogP contribution is -2.01. The molecule has 2 aromatic rings. The van der Waals surface area contributed by atoms with Crippen molar-refractivity contribution < 1.29 is 24.2 Å². The smallest absolute Gasteiger partial charge is 0.335 e. The van der Waals surface area contributed by atoms with E-state index in [-0.39, 0.29) is 23.2 Å². The molecule has 3 rings (SSSR count). The predicted octanol–water partition coefficient (Wildman–Crippen LogP) is 3.29. The highest BCUT2D eigenvalue weighted by molar-refractivity contribution is 8.18. The van der Waals surface area contributed by atoms with Gasteiger partial charge in [-0.25, -0.2) is 4.79 Å². The van der Waals surface area contributed by atoms with Crippen LogP contribution >= 0.6 is 11.8 Å². The van der Waals surface area contributed by atoms with Crippen LogP contribution in [0.15, 0.2) is 52.4 Å². The lowest BCUT2D eigenvalue weighted by Gasteiger charge is -2.13. The number of nitrogens with two attached hydrogens (primary N) is 1. The van der Waals surface area contributed by atoms with Crippen molar-refractivity contribution in [2.75, 3.05) is 6.61 Å². The number of hydrogen-bond donors (Lipinski definition) is 2. The number of carbonyl (C=O) groups is 2. The molecule has 0 atom stereocenters. The number of aromatic carboxylic acids is 1. The molecule has 0 aromatic heterocycles. The maximum Gasteiger partial charge on any atom is 0.335 e. The van der Waals surface area contributed by atoms with Crippen LogP contribution in [-0.2, 0) is 11.4 Å². The van der Waals surface area contributed by atoms with Gasteiger partial charge in [-0.15, -0.1) is 0 Å². The lowest BCUT2D eigenvalue weighted by molar-refractivity contribution is -0.113. The van der Waals surface area contributed by atoms with E-state index >= 15 is 0 Å². The Morgan fingerprint density at radius 2 is 1.93 bits per heavy atom. The number of aliphatic imine (C=N–C) groups is 1. The monoisotopic (exact) mass is 398 g/mol. The van der Waals surface area contributed by atoms with Crippen molar-refractivity contribution in [3.63, 3.8) is 0 Å². The third-order valence-corrected chi connectivity index (χ3v) is 4.61. The van der Waals surface area contributed by atoms with Gasteiger partial charge in [0.1, 0.15) is 6.61 Å². The zero-order valence-corrected chi connectivity index (χ0v) is 15.9. The van der Waals surface area contributed by atoms with Gasteiger partial charge in [0.15, 0.2) is 16.7 Å². The molecule has 0 aliphatic carbocycles. The molecule has 1 heterocycles. The number of nitrogens with zero attached hydrogens (tertiary/aromatic N) is 1. The molecular weight excluding hydrogens is 380 g/mol. The molecule has 1 aliphatic rings. The molecule has 28 heavy (non-hydrogen) atoms. The van der Waals surface area contributed by atoms with Gasteiger partial charge in [0.25, 0.3) is 5.91 Å². The summed E-state index contributed by atoms with van der Waals surface area (Å²) in [6.45, 7) is 2.58. The number of ether oxygens (including phenoxy) is 2. The van der Waals surface area contributed by atoms with Crippen molar-refractivity contribution in [3.05, 3.63) is 64.1 Å². The highest BCUT2D eigenvalue weighted by Gasteiger charge is 2.19. The van der Waals surface area contributed by atoms with Crippen molar-refractivity contribution in [3.8, 4) is 11.5 Å². The standard InChI is InChI=1S/C20H18N2O5S/c1-2-26-16-9-13(10-17-18(23)22-20(21)28-17)5-8-15(16)27-11-12-3-6-14(7-4-12)19(24)25/h3-10H,2,11H2,1H3,(H,24,25)(H2,21,22,23). The third kappa shape index (κ3) is 4.72. The SMILES string of the molecule is CCOc1cc(C=C2SC(N)=NC2=O)ccc1OCc1ccc(C(=O)O)cc1. The Balaban J connectivity index is 1.75. The first-order valence-electron chi connectivity index (χ1n) is 8.46. The van der Waals surface area contributed by atoms with Crippen LogP contribution in [0.3, 0.4) is 0 Å². The van der Waals surface area contributed by atoms with Crippen LogP contribution in [0, 0.1) is 0 Å². The molecule has 0 spiro atoms. The van der Waals surface area contributed by atoms with Gasteiger partial charge in [0.05, 0.1) is 17.1 Å². The maximum absolute atomic E-state index is 11.7. The van der Waals surface area contributed by atoms with Gasteiger partial charge in [0, 0.05) is 0 Å². The van der Waals surface area contributed by atoms with Crippen molar-refractivity contribution in [1.82, 2.24) is 0 Å². The van der Waals surface area contributed by atoms with Crippen LogP contribution in [0.4, 0.5) is 0 Å². The lowest BCUT2D eigenvalue weighted by atomic mass is 10.1. The maximum atomic E-state index is 11.7. The molecule has 0 saturated carbocycles. The Morgan fingerprint density at radius 3 is 2.54 bits per heavy atom. The summed E-state index contributed by atoms with van der Waals surface area (Å²) in [5.41, 5.74) is 7.39. The molecule has 144 valence electrons.